The average molecular weight is 260 g/mol. The maximum atomic E-state index is 5.64. The van der Waals surface area contributed by atoms with Gasteiger partial charge in [0.2, 0.25) is 5.88 Å². The Morgan fingerprint density at radius 3 is 2.84 bits per heavy atom. The smallest absolute Gasteiger partial charge is 0.218 e. The number of aryl methyl sites for hydroxylation is 1. The first-order chi connectivity index (χ1) is 9.17. The average Bonchev–Trinajstić information content (AvgIpc) is 2.67. The molecule has 0 aromatic carbocycles. The van der Waals surface area contributed by atoms with Crippen molar-refractivity contribution >= 4 is 0 Å². The lowest BCUT2D eigenvalue weighted by molar-refractivity contribution is 0.390. The van der Waals surface area contributed by atoms with Gasteiger partial charge in [-0.1, -0.05) is 6.07 Å². The van der Waals surface area contributed by atoms with E-state index in [9.17, 15) is 0 Å². The second kappa shape index (κ2) is 5.84. The van der Waals surface area contributed by atoms with E-state index in [1.54, 1.807) is 13.3 Å². The summed E-state index contributed by atoms with van der Waals surface area (Å²) in [6.45, 7) is 5.40. The van der Waals surface area contributed by atoms with Gasteiger partial charge in [-0.15, -0.1) is 0 Å². The monoisotopic (exact) mass is 260 g/mol. The minimum absolute atomic E-state index is 0.642. The number of hydrogen-bond acceptors (Lipinski definition) is 4. The number of ether oxygens (including phenoxy) is 1. The zero-order chi connectivity index (χ0) is 13.8. The summed E-state index contributed by atoms with van der Waals surface area (Å²) in [5.41, 5.74) is 10.1. The molecular weight excluding hydrogens is 240 g/mol. The van der Waals surface area contributed by atoms with Crippen molar-refractivity contribution < 1.29 is 4.74 Å². The van der Waals surface area contributed by atoms with Crippen molar-refractivity contribution in [3.05, 3.63) is 40.8 Å². The molecular formula is C14H20N4O. The van der Waals surface area contributed by atoms with E-state index in [1.165, 1.54) is 5.56 Å². The molecule has 0 aliphatic rings. The van der Waals surface area contributed by atoms with E-state index in [2.05, 4.69) is 17.0 Å². The lowest BCUT2D eigenvalue weighted by atomic mass is 10.1. The third-order valence-corrected chi connectivity index (χ3v) is 3.29. The fourth-order valence-electron chi connectivity index (χ4n) is 2.28. The maximum absolute atomic E-state index is 5.64. The Labute approximate surface area is 113 Å². The molecule has 19 heavy (non-hydrogen) atoms. The van der Waals surface area contributed by atoms with Crippen molar-refractivity contribution in [1.82, 2.24) is 14.8 Å². The van der Waals surface area contributed by atoms with Crippen LogP contribution in [0.1, 0.15) is 22.5 Å². The lowest BCUT2D eigenvalue weighted by Crippen LogP contribution is -2.08. The quantitative estimate of drug-likeness (QED) is 0.883. The van der Waals surface area contributed by atoms with Crippen LogP contribution in [-0.2, 0) is 13.0 Å². The highest BCUT2D eigenvalue weighted by atomic mass is 16.5. The van der Waals surface area contributed by atoms with Gasteiger partial charge in [-0.05, 0) is 38.4 Å². The van der Waals surface area contributed by atoms with Crippen molar-refractivity contribution in [3.8, 4) is 5.88 Å². The van der Waals surface area contributed by atoms with Crippen molar-refractivity contribution in [2.75, 3.05) is 13.7 Å². The summed E-state index contributed by atoms with van der Waals surface area (Å²) < 4.78 is 7.26. The second-order valence-corrected chi connectivity index (χ2v) is 4.52. The minimum Gasteiger partial charge on any atom is -0.481 e. The molecule has 102 valence electrons. The zero-order valence-corrected chi connectivity index (χ0v) is 11.7. The SMILES string of the molecule is COc1ncccc1Cn1nc(C)c(CCN)c1C. The summed E-state index contributed by atoms with van der Waals surface area (Å²) in [5.74, 6) is 0.649. The predicted octanol–water partition coefficient (Wildman–Crippen LogP) is 1.45. The van der Waals surface area contributed by atoms with Crippen molar-refractivity contribution in [1.29, 1.82) is 0 Å². The number of methoxy groups -OCH3 is 1. The van der Waals surface area contributed by atoms with Gasteiger partial charge in [0.15, 0.2) is 0 Å². The number of pyridine rings is 1. The Bertz CT molecular complexity index is 563. The number of nitrogens with two attached hydrogens (primary N) is 1. The molecule has 0 spiro atoms. The fourth-order valence-corrected chi connectivity index (χ4v) is 2.28. The Balaban J connectivity index is 2.31. The Morgan fingerprint density at radius 1 is 1.37 bits per heavy atom. The number of aromatic nitrogens is 3. The van der Waals surface area contributed by atoms with Crippen LogP contribution in [0.5, 0.6) is 5.88 Å². The molecule has 0 radical (unpaired) electrons. The van der Waals surface area contributed by atoms with Crippen LogP contribution in [0.25, 0.3) is 0 Å². The van der Waals surface area contributed by atoms with E-state index >= 15 is 0 Å². The number of nitrogens with zero attached hydrogens (tertiary/aromatic N) is 3. The Morgan fingerprint density at radius 2 is 2.16 bits per heavy atom. The van der Waals surface area contributed by atoms with Crippen molar-refractivity contribution in [2.24, 2.45) is 5.73 Å². The molecule has 2 aromatic heterocycles. The molecule has 0 bridgehead atoms. The highest BCUT2D eigenvalue weighted by Crippen LogP contribution is 2.19. The molecule has 0 aliphatic carbocycles. The van der Waals surface area contributed by atoms with E-state index in [-0.39, 0.29) is 0 Å². The lowest BCUT2D eigenvalue weighted by Gasteiger charge is -2.08. The summed E-state index contributed by atoms with van der Waals surface area (Å²) in [5, 5.41) is 4.58. The molecule has 0 unspecified atom stereocenters. The van der Waals surface area contributed by atoms with Crippen LogP contribution in [0.2, 0.25) is 0 Å². The second-order valence-electron chi connectivity index (χ2n) is 4.52. The van der Waals surface area contributed by atoms with Gasteiger partial charge in [0.25, 0.3) is 0 Å². The van der Waals surface area contributed by atoms with Crippen LogP contribution in [0.4, 0.5) is 0 Å². The van der Waals surface area contributed by atoms with Gasteiger partial charge in [-0.3, -0.25) is 4.68 Å². The van der Waals surface area contributed by atoms with E-state index in [0.29, 0.717) is 19.0 Å². The highest BCUT2D eigenvalue weighted by Gasteiger charge is 2.12. The number of rotatable bonds is 5. The van der Waals surface area contributed by atoms with E-state index in [0.717, 1.165) is 23.4 Å². The van der Waals surface area contributed by atoms with Gasteiger partial charge >= 0.3 is 0 Å². The van der Waals surface area contributed by atoms with Crippen LogP contribution < -0.4 is 10.5 Å². The topological polar surface area (TPSA) is 66.0 Å². The largest absolute Gasteiger partial charge is 0.481 e. The number of hydrogen-bond donors (Lipinski definition) is 1. The van der Waals surface area contributed by atoms with Gasteiger partial charge in [-0.25, -0.2) is 4.98 Å². The van der Waals surface area contributed by atoms with Gasteiger partial charge in [0, 0.05) is 17.5 Å². The molecule has 2 heterocycles. The van der Waals surface area contributed by atoms with Gasteiger partial charge in [0.05, 0.1) is 19.3 Å². The van der Waals surface area contributed by atoms with Crippen LogP contribution in [0.15, 0.2) is 18.3 Å². The summed E-state index contributed by atoms with van der Waals surface area (Å²) >= 11 is 0. The molecule has 0 atom stereocenters. The van der Waals surface area contributed by atoms with E-state index < -0.39 is 0 Å². The van der Waals surface area contributed by atoms with Crippen LogP contribution in [0.3, 0.4) is 0 Å². The van der Waals surface area contributed by atoms with Gasteiger partial charge in [-0.2, -0.15) is 5.10 Å². The van der Waals surface area contributed by atoms with Crippen LogP contribution >= 0.6 is 0 Å². The summed E-state index contributed by atoms with van der Waals surface area (Å²) in [4.78, 5) is 4.21. The molecule has 2 rings (SSSR count). The molecule has 0 saturated heterocycles. The summed E-state index contributed by atoms with van der Waals surface area (Å²) in [6, 6.07) is 3.91. The standard InChI is InChI=1S/C14H20N4O/c1-10-13(6-7-15)11(2)18(17-10)9-12-5-4-8-16-14(12)19-3/h4-5,8H,6-7,9,15H2,1-3H3. The third kappa shape index (κ3) is 2.76. The highest BCUT2D eigenvalue weighted by molar-refractivity contribution is 5.29. The van der Waals surface area contributed by atoms with Gasteiger partial charge in [0.1, 0.15) is 0 Å². The first kappa shape index (κ1) is 13.5. The normalized spacial score (nSPS) is 10.7. The molecule has 5 heteroatoms. The molecule has 0 amide bonds. The fraction of sp³-hybridized carbons (Fsp3) is 0.429. The Kier molecular flexibility index (Phi) is 4.16. The Hall–Kier alpha value is -1.88. The van der Waals surface area contributed by atoms with Crippen molar-refractivity contribution in [2.45, 2.75) is 26.8 Å². The summed E-state index contributed by atoms with van der Waals surface area (Å²) in [6.07, 6.45) is 2.59. The molecule has 0 aliphatic heterocycles. The van der Waals surface area contributed by atoms with Crippen molar-refractivity contribution in [3.63, 3.8) is 0 Å². The van der Waals surface area contributed by atoms with E-state index in [1.807, 2.05) is 23.7 Å². The summed E-state index contributed by atoms with van der Waals surface area (Å²) in [7, 11) is 1.63. The molecule has 5 nitrogen and oxygen atoms in total. The minimum atomic E-state index is 0.642. The zero-order valence-electron chi connectivity index (χ0n) is 11.7. The predicted molar refractivity (Wildman–Crippen MR) is 74.4 cm³/mol. The molecule has 0 fully saturated rings. The van der Waals surface area contributed by atoms with Crippen LogP contribution in [-0.4, -0.2) is 28.4 Å². The van der Waals surface area contributed by atoms with Crippen LogP contribution in [0, 0.1) is 13.8 Å². The first-order valence-corrected chi connectivity index (χ1v) is 6.38. The third-order valence-electron chi connectivity index (χ3n) is 3.29. The molecule has 2 N–H and O–H groups in total. The van der Waals surface area contributed by atoms with E-state index in [4.69, 9.17) is 10.5 Å². The molecule has 0 saturated carbocycles. The molecule has 2 aromatic rings. The maximum Gasteiger partial charge on any atom is 0.218 e. The first-order valence-electron chi connectivity index (χ1n) is 6.38. The van der Waals surface area contributed by atoms with Gasteiger partial charge < -0.3 is 10.5 Å².